The molecule has 0 spiro atoms. The summed E-state index contributed by atoms with van der Waals surface area (Å²) in [7, 11) is 0. The maximum atomic E-state index is 2.48. The topological polar surface area (TPSA) is 9.86 Å². The number of rotatable bonds is 4. The van der Waals surface area contributed by atoms with Crippen LogP contribution in [-0.4, -0.2) is 9.13 Å². The van der Waals surface area contributed by atoms with Crippen molar-refractivity contribution in [2.24, 2.45) is 0 Å². The average molecular weight is 777 g/mol. The van der Waals surface area contributed by atoms with E-state index in [1.165, 1.54) is 121 Å². The van der Waals surface area contributed by atoms with Gasteiger partial charge in [0, 0.05) is 38.0 Å². The summed E-state index contributed by atoms with van der Waals surface area (Å²) in [5.74, 6) is 0. The minimum atomic E-state index is -0.102. The lowest BCUT2D eigenvalue weighted by atomic mass is 9.81. The number of hydrogen-bond acceptors (Lipinski definition) is 0. The van der Waals surface area contributed by atoms with Crippen LogP contribution < -0.4 is 0 Å². The molecule has 10 aromatic carbocycles. The molecule has 2 heterocycles. The molecule has 13 rings (SSSR count). The molecule has 0 saturated heterocycles. The van der Waals surface area contributed by atoms with Gasteiger partial charge < -0.3 is 9.13 Å². The van der Waals surface area contributed by atoms with Gasteiger partial charge in [-0.3, -0.25) is 0 Å². The Morgan fingerprint density at radius 3 is 1.59 bits per heavy atom. The van der Waals surface area contributed by atoms with E-state index in [-0.39, 0.29) is 5.41 Å². The van der Waals surface area contributed by atoms with E-state index in [4.69, 9.17) is 0 Å². The number of benzene rings is 10. The molecule has 61 heavy (non-hydrogen) atoms. The molecule has 0 N–H and O–H groups in total. The fraction of sp³-hybridized carbons (Fsp3) is 0.0508. The van der Waals surface area contributed by atoms with E-state index in [1.54, 1.807) is 0 Å². The van der Waals surface area contributed by atoms with Crippen LogP contribution in [0.4, 0.5) is 0 Å². The Balaban J connectivity index is 0.955. The summed E-state index contributed by atoms with van der Waals surface area (Å²) >= 11 is 0. The number of fused-ring (bicyclic) bond motifs is 12. The summed E-state index contributed by atoms with van der Waals surface area (Å²) in [5.41, 5.74) is 17.6. The van der Waals surface area contributed by atoms with Crippen molar-refractivity contribution in [2.75, 3.05) is 0 Å². The van der Waals surface area contributed by atoms with E-state index in [2.05, 4.69) is 229 Å². The minimum absolute atomic E-state index is 0.102. The van der Waals surface area contributed by atoms with Gasteiger partial charge in [-0.1, -0.05) is 159 Å². The predicted molar refractivity (Wildman–Crippen MR) is 259 cm³/mol. The van der Waals surface area contributed by atoms with E-state index in [9.17, 15) is 0 Å². The van der Waals surface area contributed by atoms with Crippen LogP contribution in [0, 0.1) is 0 Å². The average Bonchev–Trinajstić information content (AvgIpc) is 3.91. The van der Waals surface area contributed by atoms with E-state index in [0.29, 0.717) is 0 Å². The molecular formula is C59H40N2. The molecule has 286 valence electrons. The first-order valence-corrected chi connectivity index (χ1v) is 21.3. The molecule has 2 heteroatoms. The van der Waals surface area contributed by atoms with Gasteiger partial charge in [0.25, 0.3) is 0 Å². The fourth-order valence-electron chi connectivity index (χ4n) is 10.8. The zero-order valence-corrected chi connectivity index (χ0v) is 34.0. The first-order chi connectivity index (χ1) is 30.0. The standard InChI is InChI=1S/C59H40N2/c1-59(2)51-30-25-37-14-6-7-17-43(37)58(51)48-28-24-40(36-52(48)59)42-29-33-55(45-19-9-8-18-44(42)45)61-54-23-13-11-21-47(54)50-35-39(27-32-57(50)61)38-26-31-56-49(34-38)46-20-10-12-22-53(46)60(56)41-15-4-3-5-16-41/h3-36H,1-2H3. The van der Waals surface area contributed by atoms with Crippen molar-refractivity contribution in [3.8, 4) is 44.8 Å². The molecule has 12 aromatic rings. The molecule has 1 aliphatic carbocycles. The van der Waals surface area contributed by atoms with Crippen LogP contribution in [0.3, 0.4) is 0 Å². The van der Waals surface area contributed by atoms with Crippen LogP contribution in [0.2, 0.25) is 0 Å². The van der Waals surface area contributed by atoms with Crippen LogP contribution >= 0.6 is 0 Å². The van der Waals surface area contributed by atoms with E-state index in [1.807, 2.05) is 0 Å². The third kappa shape index (κ3) is 4.85. The van der Waals surface area contributed by atoms with Crippen LogP contribution in [0.5, 0.6) is 0 Å². The third-order valence-corrected chi connectivity index (χ3v) is 13.7. The van der Waals surface area contributed by atoms with Gasteiger partial charge in [-0.15, -0.1) is 0 Å². The highest BCUT2D eigenvalue weighted by Crippen LogP contribution is 2.52. The largest absolute Gasteiger partial charge is 0.309 e. The molecule has 0 amide bonds. The molecule has 0 atom stereocenters. The Bertz CT molecular complexity index is 3780. The van der Waals surface area contributed by atoms with Gasteiger partial charge >= 0.3 is 0 Å². The molecule has 0 aliphatic heterocycles. The Morgan fingerprint density at radius 2 is 0.869 bits per heavy atom. The minimum Gasteiger partial charge on any atom is -0.309 e. The zero-order valence-electron chi connectivity index (χ0n) is 34.0. The normalized spacial score (nSPS) is 13.2. The second kappa shape index (κ2) is 12.7. The Hall–Kier alpha value is -7.68. The van der Waals surface area contributed by atoms with Crippen LogP contribution in [0.1, 0.15) is 25.0 Å². The Labute approximate surface area is 354 Å². The smallest absolute Gasteiger partial charge is 0.0541 e. The highest BCUT2D eigenvalue weighted by atomic mass is 15.0. The lowest BCUT2D eigenvalue weighted by Crippen LogP contribution is -2.15. The second-order valence-corrected chi connectivity index (χ2v) is 17.3. The van der Waals surface area contributed by atoms with E-state index in [0.717, 1.165) is 0 Å². The quantitative estimate of drug-likeness (QED) is 0.168. The van der Waals surface area contributed by atoms with Crippen molar-refractivity contribution in [3.63, 3.8) is 0 Å². The molecule has 2 aromatic heterocycles. The Kier molecular flexibility index (Phi) is 7.10. The van der Waals surface area contributed by atoms with Crippen LogP contribution in [0.15, 0.2) is 206 Å². The number of nitrogens with zero attached hydrogens (tertiary/aromatic N) is 2. The van der Waals surface area contributed by atoms with Gasteiger partial charge in [0.05, 0.1) is 27.8 Å². The highest BCUT2D eigenvalue weighted by Gasteiger charge is 2.36. The number of para-hydroxylation sites is 3. The zero-order chi connectivity index (χ0) is 40.4. The lowest BCUT2D eigenvalue weighted by Gasteiger charge is -2.22. The molecule has 0 bridgehead atoms. The molecule has 1 aliphatic rings. The van der Waals surface area contributed by atoms with Crippen molar-refractivity contribution in [2.45, 2.75) is 19.3 Å². The SMILES string of the molecule is CC1(C)c2cc(-c3ccc(-n4c5ccccc5c5cc(-c6ccc7c(c6)c6ccccc6n7-c6ccccc6)ccc54)c4ccccc34)ccc2-c2c1ccc1ccccc21. The van der Waals surface area contributed by atoms with Crippen molar-refractivity contribution in [1.29, 1.82) is 0 Å². The van der Waals surface area contributed by atoms with Gasteiger partial charge in [-0.2, -0.15) is 0 Å². The van der Waals surface area contributed by atoms with Crippen LogP contribution in [0.25, 0.3) is 110 Å². The maximum absolute atomic E-state index is 2.48. The molecule has 0 radical (unpaired) electrons. The first kappa shape index (κ1) is 34.2. The summed E-state index contributed by atoms with van der Waals surface area (Å²) in [6, 6.07) is 76.6. The highest BCUT2D eigenvalue weighted by molar-refractivity contribution is 6.14. The number of aromatic nitrogens is 2. The molecule has 2 nitrogen and oxygen atoms in total. The summed E-state index contributed by atoms with van der Waals surface area (Å²) in [5, 5.41) is 10.1. The number of hydrogen-bond donors (Lipinski definition) is 0. The van der Waals surface area contributed by atoms with Crippen molar-refractivity contribution >= 4 is 65.2 Å². The van der Waals surface area contributed by atoms with Gasteiger partial charge in [-0.25, -0.2) is 0 Å². The van der Waals surface area contributed by atoms with Gasteiger partial charge in [0.2, 0.25) is 0 Å². The van der Waals surface area contributed by atoms with Gasteiger partial charge in [0.1, 0.15) is 0 Å². The van der Waals surface area contributed by atoms with Crippen molar-refractivity contribution < 1.29 is 0 Å². The third-order valence-electron chi connectivity index (χ3n) is 13.7. The summed E-state index contributed by atoms with van der Waals surface area (Å²) < 4.78 is 4.86. The summed E-state index contributed by atoms with van der Waals surface area (Å²) in [6.45, 7) is 4.77. The summed E-state index contributed by atoms with van der Waals surface area (Å²) in [4.78, 5) is 0. The van der Waals surface area contributed by atoms with Crippen molar-refractivity contribution in [1.82, 2.24) is 9.13 Å². The molecule has 0 unspecified atom stereocenters. The van der Waals surface area contributed by atoms with Gasteiger partial charge in [0.15, 0.2) is 0 Å². The summed E-state index contributed by atoms with van der Waals surface area (Å²) in [6.07, 6.45) is 0. The van der Waals surface area contributed by atoms with E-state index < -0.39 is 0 Å². The Morgan fingerprint density at radius 1 is 0.328 bits per heavy atom. The second-order valence-electron chi connectivity index (χ2n) is 17.3. The fourth-order valence-corrected chi connectivity index (χ4v) is 10.8. The van der Waals surface area contributed by atoms with E-state index >= 15 is 0 Å². The molecule has 0 fully saturated rings. The maximum Gasteiger partial charge on any atom is 0.0541 e. The lowest BCUT2D eigenvalue weighted by molar-refractivity contribution is 0.661. The molecular weight excluding hydrogens is 737 g/mol. The van der Waals surface area contributed by atoms with Gasteiger partial charge in [-0.05, 0) is 121 Å². The van der Waals surface area contributed by atoms with Crippen molar-refractivity contribution in [3.05, 3.63) is 217 Å². The van der Waals surface area contributed by atoms with Crippen LogP contribution in [-0.2, 0) is 5.41 Å². The first-order valence-electron chi connectivity index (χ1n) is 21.3. The predicted octanol–water partition coefficient (Wildman–Crippen LogP) is 15.8. The monoisotopic (exact) mass is 776 g/mol. The molecule has 0 saturated carbocycles.